The Morgan fingerprint density at radius 1 is 0.900 bits per heavy atom. The molecule has 0 saturated heterocycles. The molecular formula is C31H29BrN4O4. The van der Waals surface area contributed by atoms with Crippen molar-refractivity contribution in [1.82, 2.24) is 10.6 Å². The maximum absolute atomic E-state index is 14.3. The van der Waals surface area contributed by atoms with E-state index >= 15 is 0 Å². The summed E-state index contributed by atoms with van der Waals surface area (Å²) < 4.78 is 6.64. The first-order valence-corrected chi connectivity index (χ1v) is 13.7. The van der Waals surface area contributed by atoms with Crippen LogP contribution >= 0.6 is 15.9 Å². The topological polar surface area (TPSA) is 91.0 Å². The van der Waals surface area contributed by atoms with Crippen molar-refractivity contribution < 1.29 is 19.1 Å². The van der Waals surface area contributed by atoms with Gasteiger partial charge >= 0.3 is 0 Å². The number of benzene rings is 4. The zero-order chi connectivity index (χ0) is 28.4. The van der Waals surface area contributed by atoms with E-state index in [1.165, 1.54) is 4.90 Å². The van der Waals surface area contributed by atoms with Crippen LogP contribution in [0.2, 0.25) is 0 Å². The average molecular weight is 602 g/mol. The van der Waals surface area contributed by atoms with Crippen molar-refractivity contribution in [2.45, 2.75) is 25.6 Å². The summed E-state index contributed by atoms with van der Waals surface area (Å²) >= 11 is 3.63. The third-order valence-electron chi connectivity index (χ3n) is 7.13. The lowest BCUT2D eigenvalue weighted by atomic mass is 10.0. The van der Waals surface area contributed by atoms with Crippen LogP contribution in [0.5, 0.6) is 5.75 Å². The second-order valence-corrected chi connectivity index (χ2v) is 10.3. The highest BCUT2D eigenvalue weighted by atomic mass is 79.9. The summed E-state index contributed by atoms with van der Waals surface area (Å²) in [4.78, 5) is 44.6. The molecule has 9 heteroatoms. The normalized spacial score (nSPS) is 15.9. The number of hydrogen-bond donors (Lipinski definition) is 2. The van der Waals surface area contributed by atoms with Crippen LogP contribution in [0.4, 0.5) is 17.1 Å². The predicted molar refractivity (Wildman–Crippen MR) is 160 cm³/mol. The number of hydrogen-bond acceptors (Lipinski definition) is 5. The Morgan fingerprint density at radius 2 is 1.60 bits per heavy atom. The van der Waals surface area contributed by atoms with Crippen molar-refractivity contribution in [2.75, 3.05) is 24.0 Å². The van der Waals surface area contributed by atoms with Crippen molar-refractivity contribution >= 4 is 61.5 Å². The van der Waals surface area contributed by atoms with E-state index in [0.717, 1.165) is 20.8 Å². The molecule has 2 atom stereocenters. The Kier molecular flexibility index (Phi) is 7.86. The third kappa shape index (κ3) is 4.94. The molecule has 1 heterocycles. The molecule has 4 aromatic carbocycles. The molecule has 0 fully saturated rings. The van der Waals surface area contributed by atoms with E-state index in [-0.39, 0.29) is 6.54 Å². The number of para-hydroxylation sites is 3. The van der Waals surface area contributed by atoms with E-state index in [1.54, 1.807) is 44.2 Å². The van der Waals surface area contributed by atoms with Crippen molar-refractivity contribution in [1.29, 1.82) is 0 Å². The summed E-state index contributed by atoms with van der Waals surface area (Å²) in [6, 6.07) is 24.0. The molecule has 5 rings (SSSR count). The fourth-order valence-corrected chi connectivity index (χ4v) is 5.41. The van der Waals surface area contributed by atoms with Gasteiger partial charge in [-0.15, -0.1) is 0 Å². The first kappa shape index (κ1) is 27.4. The monoisotopic (exact) mass is 600 g/mol. The van der Waals surface area contributed by atoms with E-state index in [9.17, 15) is 14.4 Å². The first-order chi connectivity index (χ1) is 19.3. The van der Waals surface area contributed by atoms with Gasteiger partial charge in [0.2, 0.25) is 5.91 Å². The van der Waals surface area contributed by atoms with Gasteiger partial charge in [-0.1, -0.05) is 58.4 Å². The number of likely N-dealkylation sites (N-methyl/N-ethyl adjacent to an activating group) is 1. The van der Waals surface area contributed by atoms with E-state index in [2.05, 4.69) is 26.6 Å². The minimum absolute atomic E-state index is 0.108. The lowest BCUT2D eigenvalue weighted by Crippen LogP contribution is -2.57. The molecule has 0 aliphatic carbocycles. The number of methoxy groups -OCH3 is 1. The second kappa shape index (κ2) is 11.5. The largest absolute Gasteiger partial charge is 0.496 e. The van der Waals surface area contributed by atoms with Crippen LogP contribution in [0.15, 0.2) is 89.4 Å². The molecule has 2 N–H and O–H groups in total. The summed E-state index contributed by atoms with van der Waals surface area (Å²) in [6.07, 6.45) is 0. The number of fused-ring (bicyclic) bond motifs is 2. The summed E-state index contributed by atoms with van der Waals surface area (Å²) in [6.45, 7) is 1.78. The molecule has 0 saturated carbocycles. The van der Waals surface area contributed by atoms with Crippen molar-refractivity contribution in [3.8, 4) is 5.75 Å². The van der Waals surface area contributed by atoms with Gasteiger partial charge in [-0.05, 0) is 67.2 Å². The number of rotatable bonds is 7. The number of nitrogens with zero attached hydrogens (tertiary/aromatic N) is 2. The summed E-state index contributed by atoms with van der Waals surface area (Å²) in [5.41, 5.74) is 2.43. The van der Waals surface area contributed by atoms with Crippen LogP contribution in [0.1, 0.15) is 12.5 Å². The number of carbonyl (C=O) groups is 3. The SMILES string of the molecule is CNC(C)C(=O)NC1C(=O)N(Cc2c(OC)ccc3c(Br)cccc23)c2ccccc2N(c2ccccc2)C1=O. The second-order valence-electron chi connectivity index (χ2n) is 9.46. The Hall–Kier alpha value is -4.21. The van der Waals surface area contributed by atoms with Gasteiger partial charge in [-0.3, -0.25) is 19.3 Å². The first-order valence-electron chi connectivity index (χ1n) is 12.9. The molecule has 8 nitrogen and oxygen atoms in total. The quantitative estimate of drug-likeness (QED) is 0.294. The van der Waals surface area contributed by atoms with Crippen LogP contribution < -0.4 is 25.2 Å². The molecular weight excluding hydrogens is 572 g/mol. The van der Waals surface area contributed by atoms with E-state index in [0.29, 0.717) is 22.8 Å². The van der Waals surface area contributed by atoms with Gasteiger partial charge in [0.15, 0.2) is 6.04 Å². The maximum Gasteiger partial charge on any atom is 0.264 e. The molecule has 2 unspecified atom stereocenters. The molecule has 4 aromatic rings. The number of anilines is 3. The van der Waals surface area contributed by atoms with Crippen LogP contribution in [0.25, 0.3) is 10.8 Å². The predicted octanol–water partition coefficient (Wildman–Crippen LogP) is 4.92. The molecule has 3 amide bonds. The molecule has 0 radical (unpaired) electrons. The van der Waals surface area contributed by atoms with E-state index < -0.39 is 29.8 Å². The third-order valence-corrected chi connectivity index (χ3v) is 7.83. The van der Waals surface area contributed by atoms with Crippen LogP contribution in [-0.4, -0.2) is 44.0 Å². The van der Waals surface area contributed by atoms with Gasteiger partial charge < -0.3 is 20.3 Å². The highest BCUT2D eigenvalue weighted by Gasteiger charge is 2.42. The number of amides is 3. The molecule has 0 bridgehead atoms. The van der Waals surface area contributed by atoms with Gasteiger partial charge in [0.25, 0.3) is 11.8 Å². The van der Waals surface area contributed by atoms with Gasteiger partial charge in [0.05, 0.1) is 31.1 Å². The zero-order valence-corrected chi connectivity index (χ0v) is 23.9. The number of carbonyl (C=O) groups excluding carboxylic acids is 3. The van der Waals surface area contributed by atoms with E-state index in [4.69, 9.17) is 4.74 Å². The van der Waals surface area contributed by atoms with Gasteiger partial charge in [0.1, 0.15) is 5.75 Å². The van der Waals surface area contributed by atoms with Crippen LogP contribution in [-0.2, 0) is 20.9 Å². The Labute approximate surface area is 241 Å². The minimum atomic E-state index is -1.45. The minimum Gasteiger partial charge on any atom is -0.496 e. The number of ether oxygens (including phenoxy) is 1. The Morgan fingerprint density at radius 3 is 2.30 bits per heavy atom. The van der Waals surface area contributed by atoms with Gasteiger partial charge in [0, 0.05) is 15.7 Å². The van der Waals surface area contributed by atoms with Crippen LogP contribution in [0.3, 0.4) is 0 Å². The molecule has 204 valence electrons. The van der Waals surface area contributed by atoms with Crippen molar-refractivity contribution in [3.05, 3.63) is 95.0 Å². The average Bonchev–Trinajstić information content (AvgIpc) is 3.06. The molecule has 0 spiro atoms. The summed E-state index contributed by atoms with van der Waals surface area (Å²) in [5, 5.41) is 7.44. The van der Waals surface area contributed by atoms with Crippen molar-refractivity contribution in [2.24, 2.45) is 0 Å². The highest BCUT2D eigenvalue weighted by molar-refractivity contribution is 9.10. The lowest BCUT2D eigenvalue weighted by molar-refractivity contribution is -0.134. The fourth-order valence-electron chi connectivity index (χ4n) is 4.91. The standard InChI is InChI=1S/C31H29BrN4O4/c1-19(33-2)29(37)34-28-30(38)35(18-23-21-12-9-13-24(32)22(21)16-17-27(23)40-3)25-14-7-8-15-26(25)36(31(28)39)20-10-5-4-6-11-20/h4-17,19,28,33H,18H2,1-3H3,(H,34,37). The summed E-state index contributed by atoms with van der Waals surface area (Å²) in [7, 11) is 3.23. The number of halogens is 1. The van der Waals surface area contributed by atoms with E-state index in [1.807, 2.05) is 66.7 Å². The lowest BCUT2D eigenvalue weighted by Gasteiger charge is -2.27. The summed E-state index contributed by atoms with van der Waals surface area (Å²) in [5.74, 6) is -0.937. The smallest absolute Gasteiger partial charge is 0.264 e. The van der Waals surface area contributed by atoms with Crippen molar-refractivity contribution in [3.63, 3.8) is 0 Å². The number of nitrogens with one attached hydrogen (secondary N) is 2. The molecule has 40 heavy (non-hydrogen) atoms. The maximum atomic E-state index is 14.3. The molecule has 1 aliphatic rings. The zero-order valence-electron chi connectivity index (χ0n) is 22.4. The van der Waals surface area contributed by atoms with Gasteiger partial charge in [-0.25, -0.2) is 0 Å². The Bertz CT molecular complexity index is 1590. The van der Waals surface area contributed by atoms with Gasteiger partial charge in [-0.2, -0.15) is 0 Å². The Balaban J connectivity index is 1.71. The molecule has 0 aromatic heterocycles. The van der Waals surface area contributed by atoms with Crippen LogP contribution in [0, 0.1) is 0 Å². The molecule has 1 aliphatic heterocycles. The highest BCUT2D eigenvalue weighted by Crippen LogP contribution is 2.40. The fraction of sp³-hybridized carbons (Fsp3) is 0.194.